The lowest BCUT2D eigenvalue weighted by atomic mass is 9.92. The van der Waals surface area contributed by atoms with E-state index in [-0.39, 0.29) is 0 Å². The van der Waals surface area contributed by atoms with Crippen LogP contribution in [0.2, 0.25) is 0 Å². The zero-order valence-corrected chi connectivity index (χ0v) is 12.2. The molecule has 19 heavy (non-hydrogen) atoms. The van der Waals surface area contributed by atoms with Gasteiger partial charge in [0.1, 0.15) is 0 Å². The van der Waals surface area contributed by atoms with Crippen LogP contribution in [0.1, 0.15) is 51.9 Å². The second-order valence-electron chi connectivity index (χ2n) is 6.74. The Hall–Kier alpha value is -0.570. The van der Waals surface area contributed by atoms with Gasteiger partial charge in [0.15, 0.2) is 0 Å². The van der Waals surface area contributed by atoms with Crippen molar-refractivity contribution in [2.45, 2.75) is 57.9 Å². The first kappa shape index (κ1) is 13.4. The predicted molar refractivity (Wildman–Crippen MR) is 76.8 cm³/mol. The van der Waals surface area contributed by atoms with Gasteiger partial charge in [0.25, 0.3) is 0 Å². The Morgan fingerprint density at radius 3 is 2.58 bits per heavy atom. The first-order valence-corrected chi connectivity index (χ1v) is 8.32. The quantitative estimate of drug-likeness (QED) is 0.777. The molecule has 3 heteroatoms. The van der Waals surface area contributed by atoms with E-state index in [1.54, 1.807) is 0 Å². The first-order chi connectivity index (χ1) is 9.31. The van der Waals surface area contributed by atoms with Crippen LogP contribution in [0.5, 0.6) is 0 Å². The number of hydrogen-bond acceptors (Lipinski definition) is 2. The van der Waals surface area contributed by atoms with Crippen LogP contribution in [0.4, 0.5) is 0 Å². The Morgan fingerprint density at radius 2 is 1.89 bits per heavy atom. The van der Waals surface area contributed by atoms with Gasteiger partial charge in [-0.05, 0) is 31.1 Å². The minimum Gasteiger partial charge on any atom is -0.339 e. The number of carbonyl (C=O) groups is 1. The summed E-state index contributed by atoms with van der Waals surface area (Å²) < 4.78 is 0. The summed E-state index contributed by atoms with van der Waals surface area (Å²) in [6.45, 7) is 5.51. The second-order valence-corrected chi connectivity index (χ2v) is 6.74. The zero-order chi connectivity index (χ0) is 13.2. The number of nitrogens with zero attached hydrogens (tertiary/aromatic N) is 1. The molecule has 3 aliphatic rings. The van der Waals surface area contributed by atoms with E-state index in [1.165, 1.54) is 25.7 Å². The van der Waals surface area contributed by atoms with E-state index in [2.05, 4.69) is 17.1 Å². The van der Waals surface area contributed by atoms with Gasteiger partial charge < -0.3 is 10.2 Å². The third-order valence-electron chi connectivity index (χ3n) is 5.62. The lowest BCUT2D eigenvalue weighted by Crippen LogP contribution is -2.42. The Labute approximate surface area is 117 Å². The third-order valence-corrected chi connectivity index (χ3v) is 5.62. The van der Waals surface area contributed by atoms with Crippen LogP contribution < -0.4 is 5.32 Å². The molecule has 3 fully saturated rings. The van der Waals surface area contributed by atoms with E-state index in [9.17, 15) is 4.79 Å². The first-order valence-electron chi connectivity index (χ1n) is 8.32. The second kappa shape index (κ2) is 5.82. The van der Waals surface area contributed by atoms with Gasteiger partial charge in [0, 0.05) is 31.6 Å². The highest BCUT2D eigenvalue weighted by molar-refractivity contribution is 5.79. The largest absolute Gasteiger partial charge is 0.339 e. The van der Waals surface area contributed by atoms with Crippen molar-refractivity contribution >= 4 is 5.91 Å². The summed E-state index contributed by atoms with van der Waals surface area (Å²) in [6, 6.07) is 0.510. The minimum absolute atomic E-state index is 0.336. The van der Waals surface area contributed by atoms with E-state index in [0.717, 1.165) is 50.7 Å². The number of hydrogen-bond donors (Lipinski definition) is 1. The predicted octanol–water partition coefficient (Wildman–Crippen LogP) is 2.41. The molecule has 0 spiro atoms. The highest BCUT2D eigenvalue weighted by atomic mass is 16.2. The normalized spacial score (nSPS) is 36.3. The monoisotopic (exact) mass is 264 g/mol. The van der Waals surface area contributed by atoms with Crippen molar-refractivity contribution in [3.05, 3.63) is 0 Å². The Kier molecular flexibility index (Phi) is 4.11. The molecule has 0 bridgehead atoms. The van der Waals surface area contributed by atoms with Crippen molar-refractivity contribution in [1.82, 2.24) is 10.2 Å². The Bertz CT molecular complexity index is 323. The molecule has 1 amide bonds. The molecule has 2 aliphatic heterocycles. The fourth-order valence-electron chi connectivity index (χ4n) is 4.56. The maximum absolute atomic E-state index is 12.9. The average Bonchev–Trinajstić information content (AvgIpc) is 2.88. The smallest absolute Gasteiger partial charge is 0.225 e. The number of nitrogens with one attached hydrogen (secondary N) is 1. The van der Waals surface area contributed by atoms with Crippen molar-refractivity contribution in [1.29, 1.82) is 0 Å². The molecule has 1 aliphatic carbocycles. The van der Waals surface area contributed by atoms with Crippen molar-refractivity contribution < 1.29 is 4.79 Å². The molecule has 108 valence electrons. The van der Waals surface area contributed by atoms with Crippen LogP contribution in [0, 0.1) is 17.8 Å². The molecule has 3 atom stereocenters. The molecular weight excluding hydrogens is 236 g/mol. The number of rotatable bonds is 2. The van der Waals surface area contributed by atoms with Gasteiger partial charge in [-0.25, -0.2) is 0 Å². The number of carbonyl (C=O) groups excluding carboxylic acids is 1. The number of amides is 1. The van der Waals surface area contributed by atoms with E-state index in [4.69, 9.17) is 0 Å². The summed E-state index contributed by atoms with van der Waals surface area (Å²) in [4.78, 5) is 15.1. The fraction of sp³-hybridized carbons (Fsp3) is 0.938. The van der Waals surface area contributed by atoms with E-state index >= 15 is 0 Å². The van der Waals surface area contributed by atoms with Gasteiger partial charge >= 0.3 is 0 Å². The van der Waals surface area contributed by atoms with Gasteiger partial charge in [-0.15, -0.1) is 0 Å². The summed E-state index contributed by atoms with van der Waals surface area (Å²) in [7, 11) is 0. The van der Waals surface area contributed by atoms with Crippen LogP contribution in [0.3, 0.4) is 0 Å². The molecule has 1 N–H and O–H groups in total. The lowest BCUT2D eigenvalue weighted by molar-refractivity contribution is -0.137. The van der Waals surface area contributed by atoms with E-state index < -0.39 is 0 Å². The SMILES string of the molecule is CCC1C2CNCC2CN1C(=O)C1CCCCCC1. The highest BCUT2D eigenvalue weighted by Gasteiger charge is 2.46. The Balaban J connectivity index is 1.68. The van der Waals surface area contributed by atoms with Crippen molar-refractivity contribution in [3.8, 4) is 0 Å². The highest BCUT2D eigenvalue weighted by Crippen LogP contribution is 2.36. The van der Waals surface area contributed by atoms with Crippen LogP contribution in [0.25, 0.3) is 0 Å². The standard InChI is InChI=1S/C16H28N2O/c1-2-15-14-10-17-9-13(14)11-18(15)16(19)12-7-5-3-4-6-8-12/h12-15,17H,2-11H2,1H3. The van der Waals surface area contributed by atoms with E-state index in [1.807, 2.05) is 0 Å². The molecule has 0 aromatic carbocycles. The van der Waals surface area contributed by atoms with Gasteiger partial charge in [-0.1, -0.05) is 32.6 Å². The van der Waals surface area contributed by atoms with Crippen molar-refractivity contribution in [2.24, 2.45) is 17.8 Å². The van der Waals surface area contributed by atoms with Crippen molar-refractivity contribution in [2.75, 3.05) is 19.6 Å². The summed E-state index contributed by atoms with van der Waals surface area (Å²) in [6.07, 6.45) is 8.58. The average molecular weight is 264 g/mol. The molecule has 3 nitrogen and oxygen atoms in total. The van der Waals surface area contributed by atoms with Crippen LogP contribution in [-0.4, -0.2) is 36.5 Å². The summed E-state index contributed by atoms with van der Waals surface area (Å²) in [5, 5.41) is 3.50. The number of fused-ring (bicyclic) bond motifs is 1. The molecule has 1 saturated carbocycles. The van der Waals surface area contributed by atoms with Gasteiger partial charge in [-0.3, -0.25) is 4.79 Å². The van der Waals surface area contributed by atoms with Gasteiger partial charge in [0.05, 0.1) is 0 Å². The minimum atomic E-state index is 0.336. The Morgan fingerprint density at radius 1 is 1.16 bits per heavy atom. The third kappa shape index (κ3) is 2.54. The van der Waals surface area contributed by atoms with Gasteiger partial charge in [0.2, 0.25) is 5.91 Å². The topological polar surface area (TPSA) is 32.3 Å². The maximum Gasteiger partial charge on any atom is 0.225 e. The number of likely N-dealkylation sites (tertiary alicyclic amines) is 1. The fourth-order valence-corrected chi connectivity index (χ4v) is 4.56. The van der Waals surface area contributed by atoms with Crippen molar-refractivity contribution in [3.63, 3.8) is 0 Å². The molecule has 3 rings (SSSR count). The molecule has 3 unspecified atom stereocenters. The van der Waals surface area contributed by atoms with Crippen LogP contribution in [-0.2, 0) is 4.79 Å². The van der Waals surface area contributed by atoms with Gasteiger partial charge in [-0.2, -0.15) is 0 Å². The molecule has 2 heterocycles. The maximum atomic E-state index is 12.9. The summed E-state index contributed by atoms with van der Waals surface area (Å²) >= 11 is 0. The van der Waals surface area contributed by atoms with Crippen LogP contribution in [0.15, 0.2) is 0 Å². The van der Waals surface area contributed by atoms with E-state index in [0.29, 0.717) is 17.9 Å². The molecule has 2 saturated heterocycles. The molecule has 0 aromatic heterocycles. The zero-order valence-electron chi connectivity index (χ0n) is 12.2. The van der Waals surface area contributed by atoms with Crippen LogP contribution >= 0.6 is 0 Å². The molecule has 0 radical (unpaired) electrons. The lowest BCUT2D eigenvalue weighted by Gasteiger charge is -2.30. The summed E-state index contributed by atoms with van der Waals surface area (Å²) in [5.74, 6) is 2.27. The molecular formula is C16H28N2O. The molecule has 0 aromatic rings. The summed E-state index contributed by atoms with van der Waals surface area (Å²) in [5.41, 5.74) is 0.